The molecular weight excluding hydrogens is 383 g/mol. The number of benzene rings is 2. The van der Waals surface area contributed by atoms with Crippen LogP contribution in [0.25, 0.3) is 6.08 Å². The van der Waals surface area contributed by atoms with Crippen molar-refractivity contribution in [1.82, 2.24) is 5.32 Å². The van der Waals surface area contributed by atoms with E-state index in [1.807, 2.05) is 38.1 Å². The van der Waals surface area contributed by atoms with Crippen LogP contribution in [0.2, 0.25) is 0 Å². The van der Waals surface area contributed by atoms with Crippen molar-refractivity contribution in [3.05, 3.63) is 76.9 Å². The van der Waals surface area contributed by atoms with E-state index in [0.717, 1.165) is 29.3 Å². The third-order valence-electron chi connectivity index (χ3n) is 4.19. The maximum Gasteiger partial charge on any atom is 0.416 e. The van der Waals surface area contributed by atoms with Gasteiger partial charge in [-0.15, -0.1) is 0 Å². The molecule has 4 nitrogen and oxygen atoms in total. The van der Waals surface area contributed by atoms with E-state index < -0.39 is 30.2 Å². The molecule has 0 bridgehead atoms. The van der Waals surface area contributed by atoms with Gasteiger partial charge in [-0.05, 0) is 42.7 Å². The molecule has 154 valence electrons. The second-order valence-electron chi connectivity index (χ2n) is 6.50. The van der Waals surface area contributed by atoms with Crippen molar-refractivity contribution in [2.24, 2.45) is 0 Å². The highest BCUT2D eigenvalue weighted by Crippen LogP contribution is 2.29. The fraction of sp³-hybridized carbons (Fsp3) is 0.273. The smallest absolute Gasteiger partial charge is 0.416 e. The molecule has 2 aromatic carbocycles. The van der Waals surface area contributed by atoms with Crippen LogP contribution in [0.15, 0.2) is 54.6 Å². The van der Waals surface area contributed by atoms with Crippen LogP contribution in [0.4, 0.5) is 13.2 Å². The number of carbonyl (C=O) groups excluding carboxylic acids is 2. The van der Waals surface area contributed by atoms with E-state index >= 15 is 0 Å². The summed E-state index contributed by atoms with van der Waals surface area (Å²) in [5, 5.41) is 2.79. The molecule has 1 N–H and O–H groups in total. The molecule has 0 unspecified atom stereocenters. The minimum absolute atomic E-state index is 0.201. The lowest BCUT2D eigenvalue weighted by Gasteiger charge is -2.17. The van der Waals surface area contributed by atoms with Gasteiger partial charge in [0.2, 0.25) is 0 Å². The third kappa shape index (κ3) is 7.10. The Labute approximate surface area is 167 Å². The van der Waals surface area contributed by atoms with Crippen LogP contribution in [-0.2, 0) is 20.5 Å². The lowest BCUT2D eigenvalue weighted by Crippen LogP contribution is -2.32. The van der Waals surface area contributed by atoms with Gasteiger partial charge in [0.05, 0.1) is 11.6 Å². The van der Waals surface area contributed by atoms with Crippen molar-refractivity contribution in [2.45, 2.75) is 32.5 Å². The lowest BCUT2D eigenvalue weighted by atomic mass is 10.0. The fourth-order valence-corrected chi connectivity index (χ4v) is 2.62. The minimum Gasteiger partial charge on any atom is -0.452 e. The van der Waals surface area contributed by atoms with Crippen LogP contribution in [-0.4, -0.2) is 18.5 Å². The minimum atomic E-state index is -4.46. The highest BCUT2D eigenvalue weighted by molar-refractivity contribution is 5.89. The van der Waals surface area contributed by atoms with Gasteiger partial charge in [-0.2, -0.15) is 13.2 Å². The summed E-state index contributed by atoms with van der Waals surface area (Å²) in [5.74, 6) is -1.28. The predicted octanol–water partition coefficient (Wildman–Crippen LogP) is 4.84. The Morgan fingerprint density at radius 2 is 1.83 bits per heavy atom. The van der Waals surface area contributed by atoms with Crippen LogP contribution in [0, 0.1) is 6.92 Å². The molecule has 0 saturated heterocycles. The van der Waals surface area contributed by atoms with E-state index in [-0.39, 0.29) is 11.6 Å². The number of rotatable bonds is 7. The Hall–Kier alpha value is -3.09. The standard InChI is InChI=1S/C22H22F3NO3/c1-3-19(17-10-7-15(2)8-11-17)26-20(27)14-29-21(28)12-9-16-5-4-6-18(13-16)22(23,24)25/h4-13,19H,3,14H2,1-2H3,(H,26,27)/b12-9+/t19-/m0/s1. The Kier molecular flexibility index (Phi) is 7.59. The van der Waals surface area contributed by atoms with E-state index in [9.17, 15) is 22.8 Å². The second kappa shape index (κ2) is 9.91. The quantitative estimate of drug-likeness (QED) is 0.530. The number of hydrogen-bond donors (Lipinski definition) is 1. The number of hydrogen-bond acceptors (Lipinski definition) is 3. The average Bonchev–Trinajstić information content (AvgIpc) is 2.69. The SMILES string of the molecule is CC[C@H](NC(=O)COC(=O)/C=C/c1cccc(C(F)(F)F)c1)c1ccc(C)cc1. The molecule has 2 rings (SSSR count). The summed E-state index contributed by atoms with van der Waals surface area (Å²) >= 11 is 0. The van der Waals surface area contributed by atoms with Gasteiger partial charge in [-0.3, -0.25) is 4.79 Å². The van der Waals surface area contributed by atoms with Gasteiger partial charge in [0.25, 0.3) is 5.91 Å². The maximum absolute atomic E-state index is 12.7. The summed E-state index contributed by atoms with van der Waals surface area (Å²) in [6.45, 7) is 3.42. The summed E-state index contributed by atoms with van der Waals surface area (Å²) in [6, 6.07) is 12.1. The number of carbonyl (C=O) groups is 2. The topological polar surface area (TPSA) is 55.4 Å². The number of amides is 1. The Balaban J connectivity index is 1.87. The Morgan fingerprint density at radius 3 is 2.45 bits per heavy atom. The largest absolute Gasteiger partial charge is 0.452 e. The summed E-state index contributed by atoms with van der Waals surface area (Å²) < 4.78 is 42.9. The first-order valence-corrected chi connectivity index (χ1v) is 9.07. The number of aryl methyl sites for hydroxylation is 1. The highest BCUT2D eigenvalue weighted by atomic mass is 19.4. The highest BCUT2D eigenvalue weighted by Gasteiger charge is 2.30. The average molecular weight is 405 g/mol. The molecule has 0 aliphatic heterocycles. The zero-order valence-corrected chi connectivity index (χ0v) is 16.1. The van der Waals surface area contributed by atoms with Crippen molar-refractivity contribution >= 4 is 18.0 Å². The zero-order chi connectivity index (χ0) is 21.4. The first-order valence-electron chi connectivity index (χ1n) is 9.07. The maximum atomic E-state index is 12.7. The van der Waals surface area contributed by atoms with E-state index in [4.69, 9.17) is 4.74 Å². The van der Waals surface area contributed by atoms with Gasteiger partial charge >= 0.3 is 12.1 Å². The zero-order valence-electron chi connectivity index (χ0n) is 16.1. The van der Waals surface area contributed by atoms with Crippen molar-refractivity contribution in [3.63, 3.8) is 0 Å². The third-order valence-corrected chi connectivity index (χ3v) is 4.19. The normalized spacial score (nSPS) is 12.6. The molecule has 0 aliphatic rings. The lowest BCUT2D eigenvalue weighted by molar-refractivity contribution is -0.144. The number of nitrogens with one attached hydrogen (secondary N) is 1. The van der Waals surface area contributed by atoms with Gasteiger partial charge in [0.1, 0.15) is 0 Å². The molecule has 2 aromatic rings. The second-order valence-corrected chi connectivity index (χ2v) is 6.50. The van der Waals surface area contributed by atoms with Crippen molar-refractivity contribution < 1.29 is 27.5 Å². The van der Waals surface area contributed by atoms with Crippen molar-refractivity contribution in [1.29, 1.82) is 0 Å². The molecule has 0 aromatic heterocycles. The molecule has 1 atom stereocenters. The predicted molar refractivity (Wildman–Crippen MR) is 104 cm³/mol. The molecule has 0 spiro atoms. The van der Waals surface area contributed by atoms with Crippen LogP contribution in [0.1, 0.15) is 41.6 Å². The number of esters is 1. The number of halogens is 3. The number of ether oxygens (including phenoxy) is 1. The van der Waals surface area contributed by atoms with Crippen LogP contribution in [0.3, 0.4) is 0 Å². The molecular formula is C22H22F3NO3. The van der Waals surface area contributed by atoms with E-state index in [1.54, 1.807) is 0 Å². The van der Waals surface area contributed by atoms with Crippen LogP contribution < -0.4 is 5.32 Å². The summed E-state index contributed by atoms with van der Waals surface area (Å²) in [7, 11) is 0. The summed E-state index contributed by atoms with van der Waals surface area (Å²) in [5.41, 5.74) is 1.44. The first-order chi connectivity index (χ1) is 13.7. The Bertz CT molecular complexity index is 874. The van der Waals surface area contributed by atoms with Crippen LogP contribution in [0.5, 0.6) is 0 Å². The summed E-state index contributed by atoms with van der Waals surface area (Å²) in [6.07, 6.45) is -1.61. The number of alkyl halides is 3. The van der Waals surface area contributed by atoms with Gasteiger partial charge < -0.3 is 10.1 Å². The van der Waals surface area contributed by atoms with E-state index in [2.05, 4.69) is 5.32 Å². The molecule has 0 radical (unpaired) electrons. The first kappa shape index (κ1) is 22.2. The van der Waals surface area contributed by atoms with E-state index in [1.165, 1.54) is 18.2 Å². The van der Waals surface area contributed by atoms with E-state index in [0.29, 0.717) is 6.42 Å². The summed E-state index contributed by atoms with van der Waals surface area (Å²) in [4.78, 5) is 23.8. The molecule has 0 aliphatic carbocycles. The molecule has 7 heteroatoms. The fourth-order valence-electron chi connectivity index (χ4n) is 2.62. The van der Waals surface area contributed by atoms with Gasteiger partial charge in [-0.1, -0.05) is 48.9 Å². The van der Waals surface area contributed by atoms with Gasteiger partial charge in [0, 0.05) is 6.08 Å². The monoisotopic (exact) mass is 405 g/mol. The van der Waals surface area contributed by atoms with Crippen molar-refractivity contribution in [2.75, 3.05) is 6.61 Å². The van der Waals surface area contributed by atoms with Gasteiger partial charge in [0.15, 0.2) is 6.61 Å². The molecule has 0 fully saturated rings. The van der Waals surface area contributed by atoms with Crippen LogP contribution >= 0.6 is 0 Å². The molecule has 1 amide bonds. The van der Waals surface area contributed by atoms with Crippen molar-refractivity contribution in [3.8, 4) is 0 Å². The van der Waals surface area contributed by atoms with Gasteiger partial charge in [-0.25, -0.2) is 4.79 Å². The Morgan fingerprint density at radius 1 is 1.14 bits per heavy atom. The molecule has 0 saturated carbocycles. The molecule has 29 heavy (non-hydrogen) atoms. The molecule has 0 heterocycles.